The van der Waals surface area contributed by atoms with Gasteiger partial charge in [0.15, 0.2) is 0 Å². The van der Waals surface area contributed by atoms with E-state index in [4.69, 9.17) is 4.84 Å². The van der Waals surface area contributed by atoms with Gasteiger partial charge in [-0.25, -0.2) is 9.59 Å². The highest BCUT2D eigenvalue weighted by atomic mass is 19.4. The summed E-state index contributed by atoms with van der Waals surface area (Å²) in [4.78, 5) is 54.4. The van der Waals surface area contributed by atoms with Crippen LogP contribution in [0.3, 0.4) is 0 Å². The second-order valence-electron chi connectivity index (χ2n) is 14.3. The largest absolute Gasteiger partial charge is 0.426 e. The number of H-pyrrole nitrogens is 1. The molecule has 0 saturated carbocycles. The van der Waals surface area contributed by atoms with Gasteiger partial charge in [0.25, 0.3) is 0 Å². The van der Waals surface area contributed by atoms with E-state index in [1.807, 2.05) is 29.2 Å². The van der Waals surface area contributed by atoms with Gasteiger partial charge in [0.2, 0.25) is 5.91 Å². The third-order valence-corrected chi connectivity index (χ3v) is 11.0. The van der Waals surface area contributed by atoms with Crippen LogP contribution in [0.15, 0.2) is 42.6 Å². The normalized spacial score (nSPS) is 21.0. The van der Waals surface area contributed by atoms with Crippen LogP contribution in [0.4, 0.5) is 28.4 Å². The van der Waals surface area contributed by atoms with Crippen LogP contribution in [0.2, 0.25) is 0 Å². The number of nitrogens with one attached hydrogen (secondary N) is 3. The van der Waals surface area contributed by atoms with Crippen molar-refractivity contribution in [3.8, 4) is 0 Å². The van der Waals surface area contributed by atoms with Crippen molar-refractivity contribution in [2.75, 3.05) is 71.3 Å². The fraction of sp³-hybridized carbons (Fsp3) is 0.556. The van der Waals surface area contributed by atoms with E-state index in [0.29, 0.717) is 64.7 Å². The first-order valence-corrected chi connectivity index (χ1v) is 18.2. The highest BCUT2D eigenvalue weighted by molar-refractivity contribution is 5.91. The molecule has 1 atom stereocenters. The number of rotatable bonds is 7. The summed E-state index contributed by atoms with van der Waals surface area (Å²) < 4.78 is 42.1. The maximum atomic E-state index is 14.0. The molecule has 52 heavy (non-hydrogen) atoms. The van der Waals surface area contributed by atoms with Gasteiger partial charge >= 0.3 is 18.3 Å². The molecule has 7 rings (SSSR count). The summed E-state index contributed by atoms with van der Waals surface area (Å²) in [7, 11) is 2.12. The van der Waals surface area contributed by atoms with Crippen molar-refractivity contribution in [2.45, 2.75) is 62.8 Å². The highest BCUT2D eigenvalue weighted by Crippen LogP contribution is 2.35. The van der Waals surface area contributed by atoms with E-state index in [9.17, 15) is 27.6 Å². The summed E-state index contributed by atoms with van der Waals surface area (Å²) in [5.41, 5.74) is 1.11. The van der Waals surface area contributed by atoms with Gasteiger partial charge in [0.05, 0.1) is 17.3 Å². The molecule has 0 aliphatic carbocycles. The number of carbonyl (C=O) groups is 3. The van der Waals surface area contributed by atoms with Gasteiger partial charge in [-0.15, -0.1) is 5.06 Å². The predicted octanol–water partition coefficient (Wildman–Crippen LogP) is 3.93. The second kappa shape index (κ2) is 15.3. The van der Waals surface area contributed by atoms with E-state index in [1.165, 1.54) is 11.3 Å². The average molecular weight is 726 g/mol. The van der Waals surface area contributed by atoms with Crippen LogP contribution in [0.5, 0.6) is 0 Å². The minimum absolute atomic E-state index is 0.0413. The Labute approximate surface area is 300 Å². The minimum Gasteiger partial charge on any atom is -0.351 e. The summed E-state index contributed by atoms with van der Waals surface area (Å²) >= 11 is 0. The van der Waals surface area contributed by atoms with Crippen LogP contribution < -0.4 is 10.6 Å². The molecule has 0 spiro atoms. The minimum atomic E-state index is -4.65. The lowest BCUT2D eigenvalue weighted by Crippen LogP contribution is -2.58. The summed E-state index contributed by atoms with van der Waals surface area (Å²) in [5.74, 6) is -0.368. The van der Waals surface area contributed by atoms with Crippen LogP contribution >= 0.6 is 0 Å². The van der Waals surface area contributed by atoms with E-state index in [-0.39, 0.29) is 40.9 Å². The summed E-state index contributed by atoms with van der Waals surface area (Å²) in [6.45, 7) is 5.66. The first-order valence-electron chi connectivity index (χ1n) is 18.2. The van der Waals surface area contributed by atoms with Crippen LogP contribution in [0.25, 0.3) is 10.9 Å². The van der Waals surface area contributed by atoms with Crippen LogP contribution in [-0.4, -0.2) is 137 Å². The lowest BCUT2D eigenvalue weighted by atomic mass is 9.99. The fourth-order valence-corrected chi connectivity index (χ4v) is 8.05. The number of benzene rings is 2. The number of hydrogen-bond acceptors (Lipinski definition) is 8. The Balaban J connectivity index is 0.999. The van der Waals surface area contributed by atoms with E-state index in [2.05, 4.69) is 37.7 Å². The Bertz CT molecular complexity index is 1750. The number of para-hydroxylation sites is 1. The second-order valence-corrected chi connectivity index (χ2v) is 14.3. The van der Waals surface area contributed by atoms with E-state index in [0.717, 1.165) is 49.7 Å². The zero-order chi connectivity index (χ0) is 36.4. The lowest BCUT2D eigenvalue weighted by Gasteiger charge is -2.42. The number of anilines is 1. The number of piperidine rings is 2. The van der Waals surface area contributed by atoms with E-state index >= 15 is 0 Å². The zero-order valence-corrected chi connectivity index (χ0v) is 29.3. The SMILES string of the molecule is CN1CCC(N2CCN(C(=O)C(Cc3cc(C(F)(F)F)c4[nH]ncc4c3)NC(=O)ON3CCC(N4CCc5ccccc5NC4=O)CC3)CC2)CC1. The van der Waals surface area contributed by atoms with E-state index in [1.54, 1.807) is 11.0 Å². The van der Waals surface area contributed by atoms with Gasteiger partial charge in [-0.05, 0) is 81.6 Å². The number of halogens is 3. The predicted molar refractivity (Wildman–Crippen MR) is 187 cm³/mol. The van der Waals surface area contributed by atoms with Gasteiger partial charge in [-0.3, -0.25) is 14.8 Å². The standard InChI is InChI=1S/C36H46F3N9O4/c1-44-11-7-27(8-12-44)45-16-18-46(19-17-45)33(49)31(22-24-20-26-23-40-43-32(26)29(21-24)36(37,38)39)42-35(51)52-47-13-9-28(10-14-47)48-15-6-25-4-2-3-5-30(25)41-34(48)50/h2-5,20-21,23,27-28,31H,6-19,22H2,1H3,(H,40,43)(H,41,50)(H,42,51). The molecule has 3 fully saturated rings. The molecule has 0 bridgehead atoms. The molecule has 3 saturated heterocycles. The van der Waals surface area contributed by atoms with Gasteiger partial charge in [0, 0.05) is 75.4 Å². The lowest BCUT2D eigenvalue weighted by molar-refractivity contribution is -0.138. The number of hydrogen-bond donors (Lipinski definition) is 3. The third-order valence-electron chi connectivity index (χ3n) is 11.0. The van der Waals surface area contributed by atoms with Gasteiger partial charge in [-0.1, -0.05) is 18.2 Å². The molecule has 4 aliphatic heterocycles. The first-order chi connectivity index (χ1) is 25.0. The Morgan fingerprint density at radius 3 is 2.40 bits per heavy atom. The number of fused-ring (bicyclic) bond motifs is 2. The first kappa shape index (κ1) is 36.0. The molecule has 16 heteroatoms. The molecule has 3 N–H and O–H groups in total. The molecule has 1 aromatic heterocycles. The van der Waals surface area contributed by atoms with Crippen molar-refractivity contribution in [3.05, 3.63) is 59.3 Å². The van der Waals surface area contributed by atoms with Crippen molar-refractivity contribution in [3.63, 3.8) is 0 Å². The number of aromatic amines is 1. The number of piperazine rings is 1. The average Bonchev–Trinajstić information content (AvgIpc) is 3.53. The molecule has 5 heterocycles. The number of carbonyl (C=O) groups excluding carboxylic acids is 3. The smallest absolute Gasteiger partial charge is 0.351 e. The molecule has 4 amide bonds. The Hall–Kier alpha value is -4.41. The maximum Gasteiger partial charge on any atom is 0.426 e. The number of alkyl halides is 3. The van der Waals surface area contributed by atoms with Crippen LogP contribution in [0, 0.1) is 0 Å². The van der Waals surface area contributed by atoms with Crippen molar-refractivity contribution >= 4 is 34.6 Å². The fourth-order valence-electron chi connectivity index (χ4n) is 8.05. The van der Waals surface area contributed by atoms with Gasteiger partial charge < -0.3 is 30.2 Å². The Morgan fingerprint density at radius 1 is 0.962 bits per heavy atom. The summed E-state index contributed by atoms with van der Waals surface area (Å²) in [5, 5.41) is 13.7. The monoisotopic (exact) mass is 725 g/mol. The van der Waals surface area contributed by atoms with Crippen molar-refractivity contribution in [2.24, 2.45) is 0 Å². The zero-order valence-electron chi connectivity index (χ0n) is 29.3. The number of hydroxylamine groups is 2. The Morgan fingerprint density at radius 2 is 1.67 bits per heavy atom. The van der Waals surface area contributed by atoms with Gasteiger partial charge in [0.1, 0.15) is 6.04 Å². The van der Waals surface area contributed by atoms with Crippen molar-refractivity contribution in [1.82, 2.24) is 40.2 Å². The molecule has 13 nitrogen and oxygen atoms in total. The molecule has 2 aromatic carbocycles. The summed E-state index contributed by atoms with van der Waals surface area (Å²) in [6, 6.07) is 9.41. The quantitative estimate of drug-likeness (QED) is 0.335. The number of nitrogens with zero attached hydrogens (tertiary/aromatic N) is 6. The number of likely N-dealkylation sites (tertiary alicyclic amines) is 1. The highest BCUT2D eigenvalue weighted by Gasteiger charge is 2.37. The number of aromatic nitrogens is 2. The van der Waals surface area contributed by atoms with Crippen molar-refractivity contribution in [1.29, 1.82) is 0 Å². The third kappa shape index (κ3) is 8.13. The van der Waals surface area contributed by atoms with Gasteiger partial charge in [-0.2, -0.15) is 18.3 Å². The van der Waals surface area contributed by atoms with E-state index < -0.39 is 23.9 Å². The summed E-state index contributed by atoms with van der Waals surface area (Å²) in [6.07, 6.45) is -0.350. The van der Waals surface area contributed by atoms with Crippen LogP contribution in [-0.2, 0) is 28.7 Å². The van der Waals surface area contributed by atoms with Crippen LogP contribution in [0.1, 0.15) is 42.4 Å². The molecular formula is C36H46F3N9O4. The molecule has 0 radical (unpaired) electrons. The number of urea groups is 1. The van der Waals surface area contributed by atoms with Crippen molar-refractivity contribution < 1.29 is 32.4 Å². The maximum absolute atomic E-state index is 14.0. The molecular weight excluding hydrogens is 679 g/mol. The molecule has 4 aliphatic rings. The number of amides is 4. The molecule has 1 unspecified atom stereocenters. The molecule has 3 aromatic rings. The molecule has 280 valence electrons. The Kier molecular flexibility index (Phi) is 10.6. The topological polar surface area (TPSA) is 129 Å².